The molecule has 1 rings (SSSR count). The quantitative estimate of drug-likeness (QED) is 0.702. The first-order valence-electron chi connectivity index (χ1n) is 3.84. The predicted octanol–water partition coefficient (Wildman–Crippen LogP) is 1.66. The molecule has 0 saturated carbocycles. The minimum Gasteiger partial charge on any atom is -0.376 e. The second-order valence-corrected chi connectivity index (χ2v) is 5.74. The van der Waals surface area contributed by atoms with Crippen molar-refractivity contribution >= 4 is 19.7 Å². The van der Waals surface area contributed by atoms with Gasteiger partial charge in [0.15, 0.2) is 5.25 Å². The van der Waals surface area contributed by atoms with E-state index in [1.54, 1.807) is 0 Å². The van der Waals surface area contributed by atoms with Crippen LogP contribution in [0.3, 0.4) is 0 Å². The van der Waals surface area contributed by atoms with Crippen molar-refractivity contribution in [3.63, 3.8) is 0 Å². The molecule has 1 aliphatic heterocycles. The Labute approximate surface area is 83.6 Å². The fourth-order valence-electron chi connectivity index (χ4n) is 1.39. The standard InChI is InChI=1S/C6H8ClF3O3S/c7-14(11,12)5(6(8,9)10)4-2-1-3-13-4/h4-5H,1-3H2/t4-,5-/m1/s1. The summed E-state index contributed by atoms with van der Waals surface area (Å²) in [6.07, 6.45) is -5.76. The van der Waals surface area contributed by atoms with E-state index in [2.05, 4.69) is 4.74 Å². The maximum Gasteiger partial charge on any atom is 0.409 e. The molecule has 2 atom stereocenters. The van der Waals surface area contributed by atoms with Crippen molar-refractivity contribution in [3.05, 3.63) is 0 Å². The van der Waals surface area contributed by atoms with Crippen molar-refractivity contribution < 1.29 is 26.3 Å². The maximum absolute atomic E-state index is 12.3. The third kappa shape index (κ3) is 2.74. The normalized spacial score (nSPS) is 26.4. The molecule has 14 heavy (non-hydrogen) atoms. The second kappa shape index (κ2) is 3.86. The van der Waals surface area contributed by atoms with Crippen LogP contribution in [0.5, 0.6) is 0 Å². The van der Waals surface area contributed by atoms with E-state index in [1.807, 2.05) is 0 Å². The topological polar surface area (TPSA) is 43.4 Å². The highest BCUT2D eigenvalue weighted by molar-refractivity contribution is 8.14. The molecule has 1 aliphatic rings. The van der Waals surface area contributed by atoms with Crippen molar-refractivity contribution in [3.8, 4) is 0 Å². The third-order valence-corrected chi connectivity index (χ3v) is 3.68. The molecule has 0 aromatic carbocycles. The molecule has 1 heterocycles. The van der Waals surface area contributed by atoms with Crippen LogP contribution in [-0.4, -0.2) is 32.6 Å². The largest absolute Gasteiger partial charge is 0.409 e. The van der Waals surface area contributed by atoms with E-state index in [1.165, 1.54) is 0 Å². The Morgan fingerprint density at radius 1 is 1.43 bits per heavy atom. The van der Waals surface area contributed by atoms with Gasteiger partial charge >= 0.3 is 6.18 Å². The highest BCUT2D eigenvalue weighted by atomic mass is 35.7. The summed E-state index contributed by atoms with van der Waals surface area (Å²) in [5.41, 5.74) is 0. The molecular formula is C6H8ClF3O3S. The summed E-state index contributed by atoms with van der Waals surface area (Å²) >= 11 is 0. The summed E-state index contributed by atoms with van der Waals surface area (Å²) in [6.45, 7) is 0.143. The Hall–Kier alpha value is -0.0100. The van der Waals surface area contributed by atoms with Crippen molar-refractivity contribution in [2.75, 3.05) is 6.61 Å². The molecule has 0 aliphatic carbocycles. The molecule has 0 unspecified atom stereocenters. The number of hydrogen-bond acceptors (Lipinski definition) is 3. The fourth-order valence-corrected chi connectivity index (χ4v) is 2.94. The van der Waals surface area contributed by atoms with Crippen molar-refractivity contribution in [2.45, 2.75) is 30.4 Å². The van der Waals surface area contributed by atoms with Crippen LogP contribution >= 0.6 is 10.7 Å². The molecule has 84 valence electrons. The smallest absolute Gasteiger partial charge is 0.376 e. The summed E-state index contributed by atoms with van der Waals surface area (Å²) in [5.74, 6) is 0. The van der Waals surface area contributed by atoms with Crippen LogP contribution < -0.4 is 0 Å². The predicted molar refractivity (Wildman–Crippen MR) is 43.6 cm³/mol. The SMILES string of the molecule is O=S(=O)(Cl)[C@H]([C@H]1CCCO1)C(F)(F)F. The van der Waals surface area contributed by atoms with Crippen LogP contribution in [0.4, 0.5) is 13.2 Å². The van der Waals surface area contributed by atoms with E-state index in [0.717, 1.165) is 0 Å². The second-order valence-electron chi connectivity index (χ2n) is 2.99. The zero-order chi connectivity index (χ0) is 11.0. The Bertz CT molecular complexity index is 294. The van der Waals surface area contributed by atoms with Gasteiger partial charge < -0.3 is 4.74 Å². The van der Waals surface area contributed by atoms with Crippen LogP contribution in [0.2, 0.25) is 0 Å². The molecule has 0 bridgehead atoms. The highest BCUT2D eigenvalue weighted by Gasteiger charge is 2.53. The first kappa shape index (κ1) is 12.1. The van der Waals surface area contributed by atoms with E-state index in [0.29, 0.717) is 6.42 Å². The number of hydrogen-bond donors (Lipinski definition) is 0. The Kier molecular flexibility index (Phi) is 3.33. The summed E-state index contributed by atoms with van der Waals surface area (Å²) in [5, 5.41) is -2.61. The molecular weight excluding hydrogens is 245 g/mol. The van der Waals surface area contributed by atoms with Gasteiger partial charge in [-0.15, -0.1) is 0 Å². The van der Waals surface area contributed by atoms with Crippen molar-refractivity contribution in [1.82, 2.24) is 0 Å². The number of ether oxygens (including phenoxy) is 1. The van der Waals surface area contributed by atoms with Gasteiger partial charge in [-0.3, -0.25) is 0 Å². The average molecular weight is 253 g/mol. The van der Waals surface area contributed by atoms with Gasteiger partial charge in [-0.25, -0.2) is 8.42 Å². The van der Waals surface area contributed by atoms with Crippen LogP contribution in [-0.2, 0) is 13.8 Å². The number of rotatable bonds is 2. The minimum absolute atomic E-state index is 0.0656. The lowest BCUT2D eigenvalue weighted by atomic mass is 10.2. The molecule has 0 amide bonds. The molecule has 0 spiro atoms. The van der Waals surface area contributed by atoms with Crippen LogP contribution in [0.15, 0.2) is 0 Å². The highest BCUT2D eigenvalue weighted by Crippen LogP contribution is 2.35. The van der Waals surface area contributed by atoms with E-state index in [4.69, 9.17) is 10.7 Å². The molecule has 0 aromatic heterocycles. The average Bonchev–Trinajstić information content (AvgIpc) is 2.31. The lowest BCUT2D eigenvalue weighted by Gasteiger charge is -2.22. The maximum atomic E-state index is 12.3. The molecule has 0 radical (unpaired) electrons. The fraction of sp³-hybridized carbons (Fsp3) is 1.00. The Balaban J connectivity index is 2.93. The van der Waals surface area contributed by atoms with Gasteiger partial charge in [0.2, 0.25) is 9.05 Å². The molecule has 0 aromatic rings. The van der Waals surface area contributed by atoms with Gasteiger partial charge in [-0.05, 0) is 12.8 Å². The monoisotopic (exact) mass is 252 g/mol. The van der Waals surface area contributed by atoms with Crippen molar-refractivity contribution in [2.24, 2.45) is 0 Å². The third-order valence-electron chi connectivity index (χ3n) is 1.93. The van der Waals surface area contributed by atoms with E-state index < -0.39 is 26.6 Å². The van der Waals surface area contributed by atoms with Gasteiger partial charge in [0, 0.05) is 17.3 Å². The molecule has 3 nitrogen and oxygen atoms in total. The van der Waals surface area contributed by atoms with Gasteiger partial charge in [0.1, 0.15) is 0 Å². The molecule has 0 N–H and O–H groups in total. The molecule has 1 fully saturated rings. The van der Waals surface area contributed by atoms with Gasteiger partial charge in [-0.1, -0.05) is 0 Å². The number of alkyl halides is 3. The zero-order valence-electron chi connectivity index (χ0n) is 6.92. The van der Waals surface area contributed by atoms with Crippen LogP contribution in [0, 0.1) is 0 Å². The Morgan fingerprint density at radius 2 is 2.00 bits per heavy atom. The number of halogens is 4. The van der Waals surface area contributed by atoms with E-state index in [-0.39, 0.29) is 13.0 Å². The summed E-state index contributed by atoms with van der Waals surface area (Å²) in [6, 6.07) is 0. The lowest BCUT2D eigenvalue weighted by Crippen LogP contribution is -2.43. The minimum atomic E-state index is -4.88. The van der Waals surface area contributed by atoms with Crippen LogP contribution in [0.1, 0.15) is 12.8 Å². The molecule has 8 heteroatoms. The summed E-state index contributed by atoms with van der Waals surface area (Å²) in [4.78, 5) is 0. The first-order valence-corrected chi connectivity index (χ1v) is 6.22. The van der Waals surface area contributed by atoms with Gasteiger partial charge in [0.05, 0.1) is 6.10 Å². The van der Waals surface area contributed by atoms with Gasteiger partial charge in [0.25, 0.3) is 0 Å². The van der Waals surface area contributed by atoms with Crippen molar-refractivity contribution in [1.29, 1.82) is 0 Å². The molecule has 1 saturated heterocycles. The van der Waals surface area contributed by atoms with Crippen LogP contribution in [0.25, 0.3) is 0 Å². The van der Waals surface area contributed by atoms with E-state index >= 15 is 0 Å². The summed E-state index contributed by atoms with van der Waals surface area (Å²) in [7, 11) is 0.0523. The first-order chi connectivity index (χ1) is 6.23. The van der Waals surface area contributed by atoms with Gasteiger partial charge in [-0.2, -0.15) is 13.2 Å². The zero-order valence-corrected chi connectivity index (χ0v) is 8.49. The van der Waals surface area contributed by atoms with E-state index in [9.17, 15) is 21.6 Å². The summed E-state index contributed by atoms with van der Waals surface area (Å²) < 4.78 is 63.1. The Morgan fingerprint density at radius 3 is 2.29 bits per heavy atom. The lowest BCUT2D eigenvalue weighted by molar-refractivity contribution is -0.149.